The molecule has 2 unspecified atom stereocenters. The summed E-state index contributed by atoms with van der Waals surface area (Å²) in [5.74, 6) is 0.870. The summed E-state index contributed by atoms with van der Waals surface area (Å²) in [7, 11) is 0. The molecule has 0 bridgehead atoms. The number of benzene rings is 1. The van der Waals surface area contributed by atoms with Crippen molar-refractivity contribution in [2.75, 3.05) is 6.54 Å². The van der Waals surface area contributed by atoms with Crippen LogP contribution in [0.3, 0.4) is 0 Å². The van der Waals surface area contributed by atoms with Crippen molar-refractivity contribution in [1.29, 1.82) is 0 Å². The van der Waals surface area contributed by atoms with Crippen molar-refractivity contribution in [1.82, 2.24) is 5.32 Å². The van der Waals surface area contributed by atoms with E-state index in [0.717, 1.165) is 18.4 Å². The van der Waals surface area contributed by atoms with Crippen LogP contribution < -0.4 is 5.32 Å². The van der Waals surface area contributed by atoms with E-state index in [9.17, 15) is 0 Å². The van der Waals surface area contributed by atoms with E-state index in [2.05, 4.69) is 43.4 Å². The number of aryl methyl sites for hydroxylation is 2. The molecule has 0 aromatic heterocycles. The van der Waals surface area contributed by atoms with Gasteiger partial charge in [-0.2, -0.15) is 0 Å². The van der Waals surface area contributed by atoms with Gasteiger partial charge in [0.25, 0.3) is 0 Å². The van der Waals surface area contributed by atoms with E-state index in [1.54, 1.807) is 0 Å². The average Bonchev–Trinajstić information content (AvgIpc) is 2.39. The largest absolute Gasteiger partial charge is 0.314 e. The lowest BCUT2D eigenvalue weighted by atomic mass is 9.92. The Balaban J connectivity index is 1.77. The minimum Gasteiger partial charge on any atom is -0.314 e. The van der Waals surface area contributed by atoms with Crippen LogP contribution in [0.5, 0.6) is 0 Å². The fraction of sp³-hybridized carbons (Fsp3) is 0.625. The SMILES string of the molecule is CCc1ccc(CCC2CCC(C)CN2)cc1. The van der Waals surface area contributed by atoms with E-state index < -0.39 is 0 Å². The second-order valence-electron chi connectivity index (χ2n) is 5.50. The van der Waals surface area contributed by atoms with Gasteiger partial charge in [0.1, 0.15) is 0 Å². The zero-order valence-electron chi connectivity index (χ0n) is 11.2. The van der Waals surface area contributed by atoms with Crippen molar-refractivity contribution >= 4 is 0 Å². The summed E-state index contributed by atoms with van der Waals surface area (Å²) < 4.78 is 0. The molecule has 1 heterocycles. The molecular formula is C16H25N. The Bertz CT molecular complexity index is 320. The highest BCUT2D eigenvalue weighted by atomic mass is 14.9. The lowest BCUT2D eigenvalue weighted by molar-refractivity contribution is 0.316. The topological polar surface area (TPSA) is 12.0 Å². The summed E-state index contributed by atoms with van der Waals surface area (Å²) in [5.41, 5.74) is 2.93. The van der Waals surface area contributed by atoms with Crippen LogP contribution in [0.25, 0.3) is 0 Å². The van der Waals surface area contributed by atoms with Gasteiger partial charge in [0.05, 0.1) is 0 Å². The van der Waals surface area contributed by atoms with Crippen LogP contribution in [-0.4, -0.2) is 12.6 Å². The number of piperidine rings is 1. The quantitative estimate of drug-likeness (QED) is 0.835. The van der Waals surface area contributed by atoms with E-state index in [0.29, 0.717) is 0 Å². The zero-order chi connectivity index (χ0) is 12.1. The molecule has 94 valence electrons. The molecule has 17 heavy (non-hydrogen) atoms. The van der Waals surface area contributed by atoms with Gasteiger partial charge >= 0.3 is 0 Å². The van der Waals surface area contributed by atoms with E-state index in [1.807, 2.05) is 0 Å². The van der Waals surface area contributed by atoms with Gasteiger partial charge in [0.2, 0.25) is 0 Å². The molecule has 1 aromatic carbocycles. The summed E-state index contributed by atoms with van der Waals surface area (Å²) >= 11 is 0. The highest BCUT2D eigenvalue weighted by Gasteiger charge is 2.16. The molecule has 0 amide bonds. The molecule has 1 fully saturated rings. The summed E-state index contributed by atoms with van der Waals surface area (Å²) in [5, 5.41) is 3.66. The Labute approximate surface area is 106 Å². The van der Waals surface area contributed by atoms with Gasteiger partial charge in [-0.05, 0) is 55.7 Å². The fourth-order valence-electron chi connectivity index (χ4n) is 2.59. The van der Waals surface area contributed by atoms with Crippen LogP contribution in [0.4, 0.5) is 0 Å². The predicted molar refractivity (Wildman–Crippen MR) is 74.3 cm³/mol. The van der Waals surface area contributed by atoms with Crippen molar-refractivity contribution in [3.05, 3.63) is 35.4 Å². The number of nitrogens with one attached hydrogen (secondary N) is 1. The number of rotatable bonds is 4. The van der Waals surface area contributed by atoms with Gasteiger partial charge < -0.3 is 5.32 Å². The third kappa shape index (κ3) is 3.85. The van der Waals surface area contributed by atoms with Crippen molar-refractivity contribution in [3.63, 3.8) is 0 Å². The molecule has 0 saturated carbocycles. The number of hydrogen-bond acceptors (Lipinski definition) is 1. The van der Waals surface area contributed by atoms with Gasteiger partial charge in [-0.15, -0.1) is 0 Å². The van der Waals surface area contributed by atoms with Crippen LogP contribution in [-0.2, 0) is 12.8 Å². The van der Waals surface area contributed by atoms with E-state index in [-0.39, 0.29) is 0 Å². The van der Waals surface area contributed by atoms with Crippen LogP contribution in [0.2, 0.25) is 0 Å². The minimum atomic E-state index is 0.747. The van der Waals surface area contributed by atoms with Crippen molar-refractivity contribution in [3.8, 4) is 0 Å². The third-order valence-electron chi connectivity index (χ3n) is 3.98. The Morgan fingerprint density at radius 3 is 2.41 bits per heavy atom. The van der Waals surface area contributed by atoms with Crippen molar-refractivity contribution in [2.45, 2.75) is 52.0 Å². The maximum Gasteiger partial charge on any atom is 0.00704 e. The molecule has 0 spiro atoms. The lowest BCUT2D eigenvalue weighted by Crippen LogP contribution is -2.38. The normalized spacial score (nSPS) is 24.8. The minimum absolute atomic E-state index is 0.747. The highest BCUT2D eigenvalue weighted by Crippen LogP contribution is 2.17. The van der Waals surface area contributed by atoms with Gasteiger partial charge in [0, 0.05) is 6.04 Å². The van der Waals surface area contributed by atoms with Crippen molar-refractivity contribution < 1.29 is 0 Å². The summed E-state index contributed by atoms with van der Waals surface area (Å²) in [4.78, 5) is 0. The van der Waals surface area contributed by atoms with Gasteiger partial charge in [-0.3, -0.25) is 0 Å². The molecule has 1 saturated heterocycles. The fourth-order valence-corrected chi connectivity index (χ4v) is 2.59. The highest BCUT2D eigenvalue weighted by molar-refractivity contribution is 5.22. The standard InChI is InChI=1S/C16H25N/c1-3-14-5-7-15(8-6-14)9-11-16-10-4-13(2)12-17-16/h5-8,13,16-17H,3-4,9-12H2,1-2H3. The third-order valence-corrected chi connectivity index (χ3v) is 3.98. The van der Waals surface area contributed by atoms with E-state index in [4.69, 9.17) is 0 Å². The maximum atomic E-state index is 3.66. The summed E-state index contributed by atoms with van der Waals surface area (Å²) in [6, 6.07) is 9.88. The molecule has 1 aliphatic rings. The van der Waals surface area contributed by atoms with Crippen molar-refractivity contribution in [2.24, 2.45) is 5.92 Å². The first kappa shape index (κ1) is 12.6. The Morgan fingerprint density at radius 1 is 1.12 bits per heavy atom. The molecule has 0 radical (unpaired) electrons. The zero-order valence-corrected chi connectivity index (χ0v) is 11.2. The predicted octanol–water partition coefficient (Wildman–Crippen LogP) is 3.57. The van der Waals surface area contributed by atoms with Crippen LogP contribution in [0.1, 0.15) is 44.2 Å². The monoisotopic (exact) mass is 231 g/mol. The molecule has 2 rings (SSSR count). The molecule has 1 aromatic rings. The van der Waals surface area contributed by atoms with E-state index in [1.165, 1.54) is 43.4 Å². The first-order valence-electron chi connectivity index (χ1n) is 7.09. The van der Waals surface area contributed by atoms with E-state index >= 15 is 0 Å². The summed E-state index contributed by atoms with van der Waals surface area (Å²) in [6.45, 7) is 5.76. The van der Waals surface area contributed by atoms with Crippen LogP contribution >= 0.6 is 0 Å². The van der Waals surface area contributed by atoms with Gasteiger partial charge in [-0.1, -0.05) is 38.1 Å². The first-order chi connectivity index (χ1) is 8.28. The second kappa shape index (κ2) is 6.20. The number of hydrogen-bond donors (Lipinski definition) is 1. The molecule has 1 heteroatoms. The maximum absolute atomic E-state index is 3.66. The van der Waals surface area contributed by atoms with Gasteiger partial charge in [0.15, 0.2) is 0 Å². The average molecular weight is 231 g/mol. The van der Waals surface area contributed by atoms with Gasteiger partial charge in [-0.25, -0.2) is 0 Å². The Hall–Kier alpha value is -0.820. The summed E-state index contributed by atoms with van der Waals surface area (Å²) in [6.07, 6.45) is 6.40. The Kier molecular flexibility index (Phi) is 4.61. The molecule has 1 aliphatic heterocycles. The molecular weight excluding hydrogens is 206 g/mol. The molecule has 1 nitrogen and oxygen atoms in total. The molecule has 1 N–H and O–H groups in total. The second-order valence-corrected chi connectivity index (χ2v) is 5.50. The smallest absolute Gasteiger partial charge is 0.00704 e. The Morgan fingerprint density at radius 2 is 1.82 bits per heavy atom. The molecule has 2 atom stereocenters. The van der Waals surface area contributed by atoms with Crippen LogP contribution in [0, 0.1) is 5.92 Å². The lowest BCUT2D eigenvalue weighted by Gasteiger charge is -2.27. The first-order valence-corrected chi connectivity index (χ1v) is 7.09. The molecule has 0 aliphatic carbocycles. The van der Waals surface area contributed by atoms with Crippen LogP contribution in [0.15, 0.2) is 24.3 Å².